The predicted octanol–water partition coefficient (Wildman–Crippen LogP) is 2.35. The maximum Gasteiger partial charge on any atom is 0.248 e. The molecule has 1 aromatic heterocycles. The van der Waals surface area contributed by atoms with Crippen molar-refractivity contribution in [2.24, 2.45) is 0 Å². The molecule has 1 aromatic carbocycles. The second kappa shape index (κ2) is 9.07. The number of benzene rings is 1. The average molecular weight is 411 g/mol. The minimum Gasteiger partial charge on any atom is -0.490 e. The second-order valence-electron chi connectivity index (χ2n) is 5.99. The summed E-state index contributed by atoms with van der Waals surface area (Å²) in [6.45, 7) is 7.30. The van der Waals surface area contributed by atoms with Gasteiger partial charge in [0.05, 0.1) is 19.8 Å². The van der Waals surface area contributed by atoms with Crippen LogP contribution in [0.2, 0.25) is 0 Å². The van der Waals surface area contributed by atoms with E-state index in [9.17, 15) is 13.2 Å². The summed E-state index contributed by atoms with van der Waals surface area (Å²) < 4.78 is 42.2. The predicted molar refractivity (Wildman–Crippen MR) is 103 cm³/mol. The van der Waals surface area contributed by atoms with Gasteiger partial charge >= 0.3 is 0 Å². The molecule has 0 atom stereocenters. The van der Waals surface area contributed by atoms with Crippen LogP contribution in [0.4, 0.5) is 5.69 Å². The third-order valence-corrected chi connectivity index (χ3v) is 5.88. The molecule has 10 heteroatoms. The van der Waals surface area contributed by atoms with Gasteiger partial charge in [-0.3, -0.25) is 4.79 Å². The number of hydrogen-bond donors (Lipinski definition) is 1. The molecule has 1 N–H and O–H groups in total. The second-order valence-corrected chi connectivity index (χ2v) is 7.97. The van der Waals surface area contributed by atoms with Crippen LogP contribution in [0, 0.1) is 13.8 Å². The molecule has 154 valence electrons. The number of carbonyl (C=O) groups is 1. The van der Waals surface area contributed by atoms with Crippen LogP contribution in [0.3, 0.4) is 0 Å². The Hall–Kier alpha value is -2.59. The van der Waals surface area contributed by atoms with E-state index in [0.717, 1.165) is 4.31 Å². The van der Waals surface area contributed by atoms with Crippen LogP contribution in [-0.2, 0) is 14.8 Å². The number of rotatable bonds is 9. The summed E-state index contributed by atoms with van der Waals surface area (Å²) in [6, 6.07) is 4.98. The standard InChI is InChI=1S/C18H25N3O6S/c1-6-25-15-9-8-14(10-16(15)26-7-2)19-17(22)11-21(5)28(23,24)18-12(3)20-27-13(18)4/h8-10H,6-7,11H2,1-5H3,(H,19,22). The number of nitrogens with one attached hydrogen (secondary N) is 1. The first-order valence-electron chi connectivity index (χ1n) is 8.79. The van der Waals surface area contributed by atoms with Gasteiger partial charge in [-0.1, -0.05) is 5.16 Å². The molecule has 2 rings (SSSR count). The van der Waals surface area contributed by atoms with Crippen molar-refractivity contribution in [3.63, 3.8) is 0 Å². The summed E-state index contributed by atoms with van der Waals surface area (Å²) in [5.41, 5.74) is 0.720. The molecule has 9 nitrogen and oxygen atoms in total. The first-order chi connectivity index (χ1) is 13.2. The number of amides is 1. The summed E-state index contributed by atoms with van der Waals surface area (Å²) in [4.78, 5) is 12.3. The molecule has 0 saturated heterocycles. The molecular formula is C18H25N3O6S. The third-order valence-electron chi connectivity index (χ3n) is 3.83. The Balaban J connectivity index is 2.12. The maximum atomic E-state index is 12.7. The highest BCUT2D eigenvalue weighted by atomic mass is 32.2. The zero-order valence-corrected chi connectivity index (χ0v) is 17.4. The van der Waals surface area contributed by atoms with Gasteiger partial charge in [-0.15, -0.1) is 0 Å². The molecule has 0 bridgehead atoms. The summed E-state index contributed by atoms with van der Waals surface area (Å²) in [5.74, 6) is 0.751. The molecule has 2 aromatic rings. The van der Waals surface area contributed by atoms with Gasteiger partial charge in [0.1, 0.15) is 10.6 Å². The summed E-state index contributed by atoms with van der Waals surface area (Å²) in [7, 11) is -2.58. The van der Waals surface area contributed by atoms with Gasteiger partial charge < -0.3 is 19.3 Å². The van der Waals surface area contributed by atoms with Crippen LogP contribution in [0.25, 0.3) is 0 Å². The van der Waals surface area contributed by atoms with Crippen molar-refractivity contribution in [2.45, 2.75) is 32.6 Å². The van der Waals surface area contributed by atoms with Crippen molar-refractivity contribution in [2.75, 3.05) is 32.1 Å². The molecule has 0 aliphatic rings. The van der Waals surface area contributed by atoms with E-state index in [1.165, 1.54) is 20.9 Å². The number of aryl methyl sites for hydroxylation is 2. The van der Waals surface area contributed by atoms with Crippen molar-refractivity contribution in [3.05, 3.63) is 29.7 Å². The largest absolute Gasteiger partial charge is 0.490 e. The Morgan fingerprint density at radius 1 is 1.18 bits per heavy atom. The van der Waals surface area contributed by atoms with Gasteiger partial charge in [0, 0.05) is 18.8 Å². The molecule has 0 unspecified atom stereocenters. The zero-order chi connectivity index (χ0) is 20.9. The Morgan fingerprint density at radius 2 is 1.82 bits per heavy atom. The third kappa shape index (κ3) is 4.82. The first-order valence-corrected chi connectivity index (χ1v) is 10.2. The van der Waals surface area contributed by atoms with Crippen molar-refractivity contribution < 1.29 is 27.2 Å². The van der Waals surface area contributed by atoms with Crippen LogP contribution >= 0.6 is 0 Å². The van der Waals surface area contributed by atoms with Gasteiger partial charge in [0.15, 0.2) is 17.3 Å². The molecule has 0 aliphatic carbocycles. The lowest BCUT2D eigenvalue weighted by Crippen LogP contribution is -2.35. The van der Waals surface area contributed by atoms with E-state index in [1.807, 2.05) is 13.8 Å². The first kappa shape index (κ1) is 21.7. The van der Waals surface area contributed by atoms with E-state index < -0.39 is 15.9 Å². The van der Waals surface area contributed by atoms with E-state index in [-0.39, 0.29) is 22.9 Å². The number of carbonyl (C=O) groups excluding carboxylic acids is 1. The molecule has 0 saturated carbocycles. The number of ether oxygens (including phenoxy) is 2. The number of anilines is 1. The van der Waals surface area contributed by atoms with Crippen molar-refractivity contribution >= 4 is 21.6 Å². The van der Waals surface area contributed by atoms with Gasteiger partial charge in [-0.25, -0.2) is 8.42 Å². The fourth-order valence-corrected chi connectivity index (χ4v) is 4.03. The molecule has 0 fully saturated rings. The molecule has 0 spiro atoms. The molecular weight excluding hydrogens is 386 g/mol. The fourth-order valence-electron chi connectivity index (χ4n) is 2.62. The smallest absolute Gasteiger partial charge is 0.248 e. The van der Waals surface area contributed by atoms with E-state index in [1.54, 1.807) is 18.2 Å². The lowest BCUT2D eigenvalue weighted by molar-refractivity contribution is -0.116. The number of aromatic nitrogens is 1. The quantitative estimate of drug-likeness (QED) is 0.674. The lowest BCUT2D eigenvalue weighted by Gasteiger charge is -2.17. The molecule has 0 radical (unpaired) electrons. The Labute approximate surface area is 164 Å². The van der Waals surface area contributed by atoms with Crippen molar-refractivity contribution in [1.82, 2.24) is 9.46 Å². The zero-order valence-electron chi connectivity index (χ0n) is 16.6. The summed E-state index contributed by atoms with van der Waals surface area (Å²) >= 11 is 0. The lowest BCUT2D eigenvalue weighted by atomic mass is 10.2. The minimum absolute atomic E-state index is 0.0255. The van der Waals surface area contributed by atoms with Crippen molar-refractivity contribution in [3.8, 4) is 11.5 Å². The average Bonchev–Trinajstić information content (AvgIpc) is 2.96. The molecule has 0 aliphatic heterocycles. The number of sulfonamides is 1. The Morgan fingerprint density at radius 3 is 2.39 bits per heavy atom. The van der Waals surface area contributed by atoms with Gasteiger partial charge in [-0.05, 0) is 39.8 Å². The van der Waals surface area contributed by atoms with E-state index in [0.29, 0.717) is 30.4 Å². The maximum absolute atomic E-state index is 12.7. The highest BCUT2D eigenvalue weighted by Crippen LogP contribution is 2.30. The van der Waals surface area contributed by atoms with E-state index >= 15 is 0 Å². The number of nitrogens with zero attached hydrogens (tertiary/aromatic N) is 2. The Kier molecular flexibility index (Phi) is 7.03. The normalized spacial score (nSPS) is 11.5. The van der Waals surface area contributed by atoms with Crippen LogP contribution < -0.4 is 14.8 Å². The molecule has 28 heavy (non-hydrogen) atoms. The number of likely N-dealkylation sites (N-methyl/N-ethyl adjacent to an activating group) is 1. The molecule has 1 heterocycles. The van der Waals surface area contributed by atoms with Crippen molar-refractivity contribution in [1.29, 1.82) is 0 Å². The van der Waals surface area contributed by atoms with Crippen LogP contribution in [0.15, 0.2) is 27.6 Å². The molecule has 1 amide bonds. The van der Waals surface area contributed by atoms with E-state index in [4.69, 9.17) is 14.0 Å². The van der Waals surface area contributed by atoms with Crippen LogP contribution in [0.1, 0.15) is 25.3 Å². The SMILES string of the molecule is CCOc1ccc(NC(=O)CN(C)S(=O)(=O)c2c(C)noc2C)cc1OCC. The van der Waals surface area contributed by atoms with Gasteiger partial charge in [-0.2, -0.15) is 4.31 Å². The van der Waals surface area contributed by atoms with Gasteiger partial charge in [0.2, 0.25) is 15.9 Å². The topological polar surface area (TPSA) is 111 Å². The van der Waals surface area contributed by atoms with Gasteiger partial charge in [0.25, 0.3) is 0 Å². The summed E-state index contributed by atoms with van der Waals surface area (Å²) in [6.07, 6.45) is 0. The van der Waals surface area contributed by atoms with Crippen LogP contribution in [-0.4, -0.2) is 50.6 Å². The highest BCUT2D eigenvalue weighted by molar-refractivity contribution is 7.89. The minimum atomic E-state index is -3.90. The monoisotopic (exact) mass is 411 g/mol. The summed E-state index contributed by atoms with van der Waals surface area (Å²) in [5, 5.41) is 6.32. The highest BCUT2D eigenvalue weighted by Gasteiger charge is 2.29. The van der Waals surface area contributed by atoms with E-state index in [2.05, 4.69) is 10.5 Å². The Bertz CT molecular complexity index is 919. The number of hydrogen-bond acceptors (Lipinski definition) is 7. The van der Waals surface area contributed by atoms with Crippen LogP contribution in [0.5, 0.6) is 11.5 Å². The fraction of sp³-hybridized carbons (Fsp3) is 0.444.